The molecule has 0 aliphatic heterocycles. The summed E-state index contributed by atoms with van der Waals surface area (Å²) in [6, 6.07) is 0.481. The summed E-state index contributed by atoms with van der Waals surface area (Å²) in [6.07, 6.45) is 6.98. The van der Waals surface area contributed by atoms with E-state index in [2.05, 4.69) is 39.6 Å². The van der Waals surface area contributed by atoms with E-state index >= 15 is 0 Å². The first-order valence-electron chi connectivity index (χ1n) is 7.13. The highest BCUT2D eigenvalue weighted by Gasteiger charge is 2.23. The molecule has 2 atom stereocenters. The van der Waals surface area contributed by atoms with Crippen molar-refractivity contribution in [1.82, 2.24) is 5.32 Å². The number of allylic oxidation sites excluding steroid dienone is 1. The molecule has 0 aromatic carbocycles. The fourth-order valence-electron chi connectivity index (χ4n) is 2.16. The highest BCUT2D eigenvalue weighted by atomic mass is 16.5. The number of hydrogen-bond acceptors (Lipinski definition) is 2. The van der Waals surface area contributed by atoms with Gasteiger partial charge in [-0.3, -0.25) is 0 Å². The first-order valence-corrected chi connectivity index (χ1v) is 7.13. The SMILES string of the molecule is C=CCCCC(NCCC)C(OCC)C(C)C. The van der Waals surface area contributed by atoms with E-state index in [1.54, 1.807) is 0 Å². The van der Waals surface area contributed by atoms with Crippen LogP contribution in [-0.4, -0.2) is 25.3 Å². The maximum Gasteiger partial charge on any atom is 0.0750 e. The zero-order chi connectivity index (χ0) is 13.1. The Morgan fingerprint density at radius 1 is 1.29 bits per heavy atom. The third-order valence-electron chi connectivity index (χ3n) is 2.99. The summed E-state index contributed by atoms with van der Waals surface area (Å²) in [6.45, 7) is 14.4. The molecule has 102 valence electrons. The van der Waals surface area contributed by atoms with Crippen LogP contribution in [0.1, 0.15) is 53.4 Å². The molecule has 0 aliphatic carbocycles. The normalized spacial score (nSPS) is 14.9. The fraction of sp³-hybridized carbons (Fsp3) is 0.867. The Morgan fingerprint density at radius 2 is 2.00 bits per heavy atom. The lowest BCUT2D eigenvalue weighted by atomic mass is 9.95. The molecule has 0 aromatic rings. The van der Waals surface area contributed by atoms with Gasteiger partial charge < -0.3 is 10.1 Å². The fourth-order valence-corrected chi connectivity index (χ4v) is 2.16. The van der Waals surface area contributed by atoms with E-state index in [-0.39, 0.29) is 0 Å². The molecule has 0 fully saturated rings. The lowest BCUT2D eigenvalue weighted by molar-refractivity contribution is 0.00114. The van der Waals surface area contributed by atoms with Gasteiger partial charge in [-0.05, 0) is 45.1 Å². The molecule has 0 spiro atoms. The van der Waals surface area contributed by atoms with Gasteiger partial charge in [0.05, 0.1) is 6.10 Å². The van der Waals surface area contributed by atoms with Crippen molar-refractivity contribution in [3.8, 4) is 0 Å². The molecule has 0 saturated carbocycles. The van der Waals surface area contributed by atoms with Crippen molar-refractivity contribution >= 4 is 0 Å². The predicted molar refractivity (Wildman–Crippen MR) is 76.4 cm³/mol. The Balaban J connectivity index is 4.31. The van der Waals surface area contributed by atoms with Gasteiger partial charge in [-0.2, -0.15) is 0 Å². The van der Waals surface area contributed by atoms with Crippen molar-refractivity contribution in [2.24, 2.45) is 5.92 Å². The quantitative estimate of drug-likeness (QED) is 0.439. The second-order valence-electron chi connectivity index (χ2n) is 4.94. The van der Waals surface area contributed by atoms with Crippen LogP contribution in [0.4, 0.5) is 0 Å². The van der Waals surface area contributed by atoms with Gasteiger partial charge in [-0.15, -0.1) is 6.58 Å². The van der Waals surface area contributed by atoms with E-state index in [0.717, 1.165) is 19.6 Å². The van der Waals surface area contributed by atoms with Crippen LogP contribution in [0.2, 0.25) is 0 Å². The van der Waals surface area contributed by atoms with Gasteiger partial charge in [0.25, 0.3) is 0 Å². The number of nitrogens with one attached hydrogen (secondary N) is 1. The average Bonchev–Trinajstić information content (AvgIpc) is 2.31. The van der Waals surface area contributed by atoms with Crippen molar-refractivity contribution in [3.05, 3.63) is 12.7 Å². The Bertz CT molecular complexity index is 180. The third kappa shape index (κ3) is 7.56. The number of unbranched alkanes of at least 4 members (excludes halogenated alkanes) is 1. The summed E-state index contributed by atoms with van der Waals surface area (Å²) in [5.74, 6) is 0.563. The number of rotatable bonds is 11. The molecule has 2 heteroatoms. The first kappa shape index (κ1) is 16.7. The highest BCUT2D eigenvalue weighted by Crippen LogP contribution is 2.16. The molecule has 0 rings (SSSR count). The lowest BCUT2D eigenvalue weighted by Crippen LogP contribution is -2.44. The van der Waals surface area contributed by atoms with Gasteiger partial charge in [0.1, 0.15) is 0 Å². The molecule has 2 unspecified atom stereocenters. The molecular formula is C15H31NO. The van der Waals surface area contributed by atoms with Gasteiger partial charge in [-0.1, -0.05) is 26.8 Å². The first-order chi connectivity index (χ1) is 8.17. The van der Waals surface area contributed by atoms with E-state index in [0.29, 0.717) is 18.1 Å². The van der Waals surface area contributed by atoms with Gasteiger partial charge in [0.15, 0.2) is 0 Å². The number of hydrogen-bond donors (Lipinski definition) is 1. The largest absolute Gasteiger partial charge is 0.377 e. The van der Waals surface area contributed by atoms with Gasteiger partial charge in [0.2, 0.25) is 0 Å². The smallest absolute Gasteiger partial charge is 0.0750 e. The molecule has 0 aliphatic rings. The molecule has 0 aromatic heterocycles. The maximum atomic E-state index is 5.90. The third-order valence-corrected chi connectivity index (χ3v) is 2.99. The topological polar surface area (TPSA) is 21.3 Å². The van der Waals surface area contributed by atoms with Crippen LogP contribution in [0, 0.1) is 5.92 Å². The maximum absolute atomic E-state index is 5.90. The Labute approximate surface area is 108 Å². The summed E-state index contributed by atoms with van der Waals surface area (Å²) in [4.78, 5) is 0. The van der Waals surface area contributed by atoms with Crippen LogP contribution < -0.4 is 5.32 Å². The van der Waals surface area contributed by atoms with Gasteiger partial charge >= 0.3 is 0 Å². The minimum Gasteiger partial charge on any atom is -0.377 e. The average molecular weight is 241 g/mol. The summed E-state index contributed by atoms with van der Waals surface area (Å²) < 4.78 is 5.90. The van der Waals surface area contributed by atoms with Crippen molar-refractivity contribution in [2.75, 3.05) is 13.2 Å². The summed E-state index contributed by atoms with van der Waals surface area (Å²) in [5.41, 5.74) is 0. The second-order valence-corrected chi connectivity index (χ2v) is 4.94. The van der Waals surface area contributed by atoms with E-state index in [9.17, 15) is 0 Å². The van der Waals surface area contributed by atoms with Crippen LogP contribution in [0.15, 0.2) is 12.7 Å². The number of ether oxygens (including phenoxy) is 1. The molecule has 17 heavy (non-hydrogen) atoms. The molecule has 0 radical (unpaired) electrons. The summed E-state index contributed by atoms with van der Waals surface area (Å²) >= 11 is 0. The van der Waals surface area contributed by atoms with Crippen LogP contribution in [0.3, 0.4) is 0 Å². The Hall–Kier alpha value is -0.340. The monoisotopic (exact) mass is 241 g/mol. The van der Waals surface area contributed by atoms with Crippen molar-refractivity contribution in [2.45, 2.75) is 65.5 Å². The van der Waals surface area contributed by atoms with Gasteiger partial charge in [-0.25, -0.2) is 0 Å². The molecular weight excluding hydrogens is 210 g/mol. The van der Waals surface area contributed by atoms with Crippen LogP contribution >= 0.6 is 0 Å². The second kappa shape index (κ2) is 10.8. The molecule has 2 nitrogen and oxygen atoms in total. The Kier molecular flexibility index (Phi) is 10.6. The van der Waals surface area contributed by atoms with E-state index in [1.165, 1.54) is 19.3 Å². The highest BCUT2D eigenvalue weighted by molar-refractivity contribution is 4.81. The molecule has 0 bridgehead atoms. The molecule has 1 N–H and O–H groups in total. The zero-order valence-corrected chi connectivity index (χ0v) is 12.2. The molecule has 0 heterocycles. The minimum absolute atomic E-state index is 0.330. The summed E-state index contributed by atoms with van der Waals surface area (Å²) in [7, 11) is 0. The standard InChI is InChI=1S/C15H31NO/c1-6-9-10-11-14(16-12-7-2)15(13(4)5)17-8-3/h6,13-16H,1,7-12H2,2-5H3. The van der Waals surface area contributed by atoms with Crippen molar-refractivity contribution < 1.29 is 4.74 Å². The van der Waals surface area contributed by atoms with E-state index in [4.69, 9.17) is 4.74 Å². The molecule has 0 amide bonds. The van der Waals surface area contributed by atoms with Crippen LogP contribution in [0.25, 0.3) is 0 Å². The van der Waals surface area contributed by atoms with Gasteiger partial charge in [0, 0.05) is 12.6 Å². The predicted octanol–water partition coefficient (Wildman–Crippen LogP) is 3.77. The molecule has 0 saturated heterocycles. The summed E-state index contributed by atoms with van der Waals surface area (Å²) in [5, 5.41) is 3.64. The lowest BCUT2D eigenvalue weighted by Gasteiger charge is -2.31. The van der Waals surface area contributed by atoms with Crippen molar-refractivity contribution in [1.29, 1.82) is 0 Å². The van der Waals surface area contributed by atoms with Crippen molar-refractivity contribution in [3.63, 3.8) is 0 Å². The van der Waals surface area contributed by atoms with E-state index in [1.807, 2.05) is 6.08 Å². The minimum atomic E-state index is 0.330. The van der Waals surface area contributed by atoms with E-state index < -0.39 is 0 Å². The Morgan fingerprint density at radius 3 is 2.47 bits per heavy atom. The zero-order valence-electron chi connectivity index (χ0n) is 12.2. The van der Waals surface area contributed by atoms with Crippen LogP contribution in [-0.2, 0) is 4.74 Å². The van der Waals surface area contributed by atoms with Crippen LogP contribution in [0.5, 0.6) is 0 Å².